The van der Waals surface area contributed by atoms with Crippen LogP contribution in [0.5, 0.6) is 0 Å². The predicted molar refractivity (Wildman–Crippen MR) is 46.7 cm³/mol. The molecular formula is C6H9O9P. The van der Waals surface area contributed by atoms with E-state index in [4.69, 9.17) is 25.1 Å². The van der Waals surface area contributed by atoms with E-state index in [0.29, 0.717) is 6.08 Å². The molecule has 10 heteroatoms. The minimum absolute atomic E-state index is 0.517. The Balaban J connectivity index is 4.68. The van der Waals surface area contributed by atoms with Crippen LogP contribution in [0.4, 0.5) is 0 Å². The highest BCUT2D eigenvalue weighted by Gasteiger charge is 2.22. The summed E-state index contributed by atoms with van der Waals surface area (Å²) in [5.41, 5.74) is 0. The van der Waals surface area contributed by atoms with Crippen LogP contribution in [-0.2, 0) is 18.7 Å². The summed E-state index contributed by atoms with van der Waals surface area (Å²) < 4.78 is 14.1. The van der Waals surface area contributed by atoms with Crippen molar-refractivity contribution in [2.75, 3.05) is 0 Å². The summed E-state index contributed by atoms with van der Waals surface area (Å²) in [6, 6.07) is 0. The third-order valence-corrected chi connectivity index (χ3v) is 1.64. The highest BCUT2D eigenvalue weighted by molar-refractivity contribution is 7.46. The number of Topliss-reactive ketones (excluding diaryl/α,β-unsaturated/α-hetero) is 1. The number of phosphoric acid groups is 1. The summed E-state index contributed by atoms with van der Waals surface area (Å²) in [7, 11) is -5.04. The molecule has 9 nitrogen and oxygen atoms in total. The molecule has 0 aromatic carbocycles. The number of allylic oxidation sites excluding steroid dienone is 1. The van der Waals surface area contributed by atoms with Crippen LogP contribution in [-0.4, -0.2) is 43.1 Å². The zero-order valence-corrected chi connectivity index (χ0v) is 8.57. The number of carbonyl (C=O) groups excluding carboxylic acids is 1. The molecule has 0 atom stereocenters. The van der Waals surface area contributed by atoms with Gasteiger partial charge >= 0.3 is 13.8 Å². The van der Waals surface area contributed by atoms with Gasteiger partial charge in [-0.1, -0.05) is 0 Å². The average Bonchev–Trinajstić information content (AvgIpc) is 2.09. The lowest BCUT2D eigenvalue weighted by atomic mass is 10.2. The van der Waals surface area contributed by atoms with Gasteiger partial charge in [0, 0.05) is 6.42 Å². The van der Waals surface area contributed by atoms with Crippen LogP contribution < -0.4 is 0 Å². The van der Waals surface area contributed by atoms with Gasteiger partial charge < -0.3 is 19.8 Å². The highest BCUT2D eigenvalue weighted by atomic mass is 31.2. The molecule has 0 aliphatic carbocycles. The first-order valence-electron chi connectivity index (χ1n) is 3.71. The Morgan fingerprint density at radius 3 is 2.12 bits per heavy atom. The third kappa shape index (κ3) is 6.27. The lowest BCUT2D eigenvalue weighted by Crippen LogP contribution is -2.18. The molecule has 0 saturated heterocycles. The number of aliphatic carboxylic acids is 1. The molecule has 0 radical (unpaired) electrons. The molecule has 0 fully saturated rings. The third-order valence-electron chi connectivity index (χ3n) is 1.20. The van der Waals surface area contributed by atoms with E-state index in [0.717, 1.165) is 0 Å². The molecule has 0 bridgehead atoms. The summed E-state index contributed by atoms with van der Waals surface area (Å²) in [6.07, 6.45) is -2.52. The van der Waals surface area contributed by atoms with E-state index in [2.05, 4.69) is 4.52 Å². The summed E-state index contributed by atoms with van der Waals surface area (Å²) >= 11 is 0. The van der Waals surface area contributed by atoms with Gasteiger partial charge in [-0.05, 0) is 6.08 Å². The van der Waals surface area contributed by atoms with Crippen LogP contribution in [0.1, 0.15) is 6.42 Å². The van der Waals surface area contributed by atoms with E-state index in [-0.39, 0.29) is 0 Å². The van der Waals surface area contributed by atoms with Gasteiger partial charge in [0.2, 0.25) is 12.0 Å². The van der Waals surface area contributed by atoms with Gasteiger partial charge in [-0.3, -0.25) is 14.6 Å². The maximum absolute atomic E-state index is 10.6. The Bertz CT molecular complexity index is 351. The van der Waals surface area contributed by atoms with E-state index >= 15 is 0 Å². The van der Waals surface area contributed by atoms with Crippen molar-refractivity contribution >= 4 is 19.6 Å². The van der Waals surface area contributed by atoms with Crippen LogP contribution in [0.2, 0.25) is 0 Å². The molecule has 5 N–H and O–H groups in total. The molecular weight excluding hydrogens is 247 g/mol. The normalized spacial score (nSPS) is 12.7. The average molecular weight is 256 g/mol. The fraction of sp³-hybridized carbons (Fsp3) is 0.333. The van der Waals surface area contributed by atoms with Crippen LogP contribution in [0.15, 0.2) is 11.8 Å². The van der Waals surface area contributed by atoms with Gasteiger partial charge in [-0.15, -0.1) is 0 Å². The second-order valence-corrected chi connectivity index (χ2v) is 3.66. The number of hydrogen-bond acceptors (Lipinski definition) is 6. The smallest absolute Gasteiger partial charge is 0.475 e. The van der Waals surface area contributed by atoms with E-state index in [1.807, 2.05) is 0 Å². The number of rotatable bonds is 6. The van der Waals surface area contributed by atoms with Crippen molar-refractivity contribution in [3.05, 3.63) is 11.8 Å². The number of carboxylic acids is 1. The largest absolute Gasteiger partial charge is 0.525 e. The van der Waals surface area contributed by atoms with Gasteiger partial charge in [0.15, 0.2) is 5.78 Å². The fourth-order valence-electron chi connectivity index (χ4n) is 0.590. The second kappa shape index (κ2) is 5.73. The molecule has 0 rings (SSSR count). The van der Waals surface area contributed by atoms with Gasteiger partial charge in [-0.2, -0.15) is 0 Å². The summed E-state index contributed by atoms with van der Waals surface area (Å²) in [5.74, 6) is -4.10. The maximum Gasteiger partial charge on any atom is 0.525 e. The monoisotopic (exact) mass is 256 g/mol. The number of carboxylic acid groups (broad SMARTS) is 1. The predicted octanol–water partition coefficient (Wildman–Crippen LogP) is -1.67. The molecule has 0 aliphatic rings. The minimum atomic E-state index is -5.04. The number of phosphoric ester groups is 1. The number of aliphatic hydroxyl groups excluding tert-OH is 1. The van der Waals surface area contributed by atoms with Gasteiger partial charge in [0.25, 0.3) is 0 Å². The van der Waals surface area contributed by atoms with E-state index in [9.17, 15) is 14.2 Å². The number of ketones is 1. The zero-order chi connectivity index (χ0) is 12.9. The van der Waals surface area contributed by atoms with Crippen molar-refractivity contribution < 1.29 is 43.8 Å². The summed E-state index contributed by atoms with van der Waals surface area (Å²) in [5, 5.41) is 25.1. The lowest BCUT2D eigenvalue weighted by molar-refractivity contribution is -0.144. The SMILES string of the molecule is O=C(O)C(=CCC(=O)C(O)O)OP(=O)(O)O. The standard InChI is InChI=1S/C6H9O9P/c7-3(5(8)9)1-2-4(6(10)11)15-16(12,13)14/h2,5,8-9H,1H2,(H,10,11)(H2,12,13,14). The van der Waals surface area contributed by atoms with Crippen molar-refractivity contribution in [3.63, 3.8) is 0 Å². The Morgan fingerprint density at radius 2 is 1.81 bits per heavy atom. The molecule has 0 amide bonds. The summed E-state index contributed by atoms with van der Waals surface area (Å²) in [4.78, 5) is 37.7. The van der Waals surface area contributed by atoms with Crippen molar-refractivity contribution in [1.82, 2.24) is 0 Å². The number of hydrogen-bond donors (Lipinski definition) is 5. The van der Waals surface area contributed by atoms with E-state index in [1.165, 1.54) is 0 Å². The van der Waals surface area contributed by atoms with E-state index in [1.54, 1.807) is 0 Å². The van der Waals surface area contributed by atoms with Crippen LogP contribution >= 0.6 is 7.82 Å². The first-order chi connectivity index (χ1) is 7.13. The quantitative estimate of drug-likeness (QED) is 0.162. The maximum atomic E-state index is 10.6. The van der Waals surface area contributed by atoms with Gasteiger partial charge in [0.05, 0.1) is 0 Å². The zero-order valence-electron chi connectivity index (χ0n) is 7.68. The molecule has 92 valence electrons. The van der Waals surface area contributed by atoms with Crippen molar-refractivity contribution in [2.24, 2.45) is 0 Å². The number of aliphatic hydroxyl groups is 2. The molecule has 0 saturated carbocycles. The first kappa shape index (κ1) is 14.8. The Hall–Kier alpha value is -1.25. The van der Waals surface area contributed by atoms with Gasteiger partial charge in [0.1, 0.15) is 0 Å². The van der Waals surface area contributed by atoms with Crippen molar-refractivity contribution in [1.29, 1.82) is 0 Å². The molecule has 0 aromatic heterocycles. The fourth-order valence-corrected chi connectivity index (χ4v) is 0.999. The van der Waals surface area contributed by atoms with Crippen LogP contribution in [0.3, 0.4) is 0 Å². The molecule has 16 heavy (non-hydrogen) atoms. The first-order valence-corrected chi connectivity index (χ1v) is 5.24. The van der Waals surface area contributed by atoms with E-state index < -0.39 is 38.0 Å². The Morgan fingerprint density at radius 1 is 1.31 bits per heavy atom. The number of carbonyl (C=O) groups is 2. The second-order valence-electron chi connectivity index (χ2n) is 2.50. The summed E-state index contributed by atoms with van der Waals surface area (Å²) in [6.45, 7) is 0. The molecule has 0 aliphatic heterocycles. The molecule has 0 unspecified atom stereocenters. The molecule has 0 heterocycles. The van der Waals surface area contributed by atoms with Crippen molar-refractivity contribution in [3.8, 4) is 0 Å². The highest BCUT2D eigenvalue weighted by Crippen LogP contribution is 2.38. The molecule has 0 spiro atoms. The van der Waals surface area contributed by atoms with Gasteiger partial charge in [-0.25, -0.2) is 9.36 Å². The molecule has 0 aromatic rings. The van der Waals surface area contributed by atoms with Crippen LogP contribution in [0.25, 0.3) is 0 Å². The minimum Gasteiger partial charge on any atom is -0.475 e. The van der Waals surface area contributed by atoms with Crippen molar-refractivity contribution in [2.45, 2.75) is 12.7 Å². The Labute approximate surface area is 88.8 Å². The Kier molecular flexibility index (Phi) is 5.28. The lowest BCUT2D eigenvalue weighted by Gasteiger charge is -2.06. The van der Waals surface area contributed by atoms with Crippen LogP contribution in [0, 0.1) is 0 Å². The topological polar surface area (TPSA) is 162 Å².